The number of aryl methyl sites for hydroxylation is 2. The first-order valence-electron chi connectivity index (χ1n) is 10.9. The minimum Gasteiger partial charge on any atom is -0.382 e. The molecule has 0 saturated carbocycles. The lowest BCUT2D eigenvalue weighted by atomic mass is 10.0. The van der Waals surface area contributed by atoms with Crippen LogP contribution in [0.1, 0.15) is 60.9 Å². The van der Waals surface area contributed by atoms with E-state index in [9.17, 15) is 17.6 Å². The molecule has 0 spiro atoms. The molecular formula is C22H26FIN6O3S. The van der Waals surface area contributed by atoms with Gasteiger partial charge in [-0.25, -0.2) is 18.1 Å². The van der Waals surface area contributed by atoms with Crippen molar-refractivity contribution in [2.75, 3.05) is 11.5 Å². The summed E-state index contributed by atoms with van der Waals surface area (Å²) in [7, 11) is -3.51. The fraction of sp³-hybridized carbons (Fsp3) is 0.455. The van der Waals surface area contributed by atoms with E-state index in [0.717, 1.165) is 26.7 Å². The van der Waals surface area contributed by atoms with E-state index in [1.807, 2.05) is 12.1 Å². The first kappa shape index (κ1) is 24.9. The molecule has 34 heavy (non-hydrogen) atoms. The summed E-state index contributed by atoms with van der Waals surface area (Å²) < 4.78 is 44.2. The molecule has 4 rings (SSSR count). The number of halogens is 2. The Hall–Kier alpha value is -2.19. The van der Waals surface area contributed by atoms with Gasteiger partial charge in [-0.15, -0.1) is 0 Å². The van der Waals surface area contributed by atoms with Gasteiger partial charge >= 0.3 is 6.08 Å². The smallest absolute Gasteiger partial charge is 0.312 e. The predicted molar refractivity (Wildman–Crippen MR) is 136 cm³/mol. The zero-order chi connectivity index (χ0) is 24.8. The largest absolute Gasteiger partial charge is 0.382 e. The van der Waals surface area contributed by atoms with Gasteiger partial charge in [-0.1, -0.05) is 0 Å². The van der Waals surface area contributed by atoms with Crippen molar-refractivity contribution in [3.8, 4) is 0 Å². The van der Waals surface area contributed by atoms with Crippen molar-refractivity contribution >= 4 is 55.4 Å². The van der Waals surface area contributed by atoms with E-state index in [2.05, 4.69) is 42.3 Å². The van der Waals surface area contributed by atoms with E-state index in [1.54, 1.807) is 25.3 Å². The first-order chi connectivity index (χ1) is 15.8. The second-order valence-electron chi connectivity index (χ2n) is 9.45. The fourth-order valence-corrected chi connectivity index (χ4v) is 6.42. The lowest BCUT2D eigenvalue weighted by molar-refractivity contribution is 0.0994. The van der Waals surface area contributed by atoms with Gasteiger partial charge < -0.3 is 10.3 Å². The predicted octanol–water partition coefficient (Wildman–Crippen LogP) is 2.98. The number of nitrogens with zero attached hydrogens (tertiary/aromatic N) is 4. The Bertz CT molecular complexity index is 1400. The number of rotatable bonds is 7. The van der Waals surface area contributed by atoms with E-state index in [-0.39, 0.29) is 41.5 Å². The molecule has 3 N–H and O–H groups in total. The maximum absolute atomic E-state index is 14.0. The minimum atomic E-state index is -3.51. The number of nitrogens with one attached hydrogen (secondary N) is 1. The van der Waals surface area contributed by atoms with E-state index in [4.69, 9.17) is 5.73 Å². The number of nitrogen functional groups attached to an aromatic ring is 1. The van der Waals surface area contributed by atoms with Crippen molar-refractivity contribution in [2.24, 2.45) is 0 Å². The average molecular weight is 600 g/mol. The number of sulfonamides is 1. The highest BCUT2D eigenvalue weighted by molar-refractivity contribution is 14.1. The highest BCUT2D eigenvalue weighted by atomic mass is 127. The molecule has 2 aromatic heterocycles. The molecule has 9 nitrogen and oxygen atoms in total. The van der Waals surface area contributed by atoms with Gasteiger partial charge in [-0.05, 0) is 79.5 Å². The lowest BCUT2D eigenvalue weighted by Gasteiger charge is -2.20. The minimum absolute atomic E-state index is 0.0802. The maximum atomic E-state index is 14.0. The van der Waals surface area contributed by atoms with Crippen LogP contribution in [0, 0.1) is 9.65 Å². The Morgan fingerprint density at radius 2 is 1.94 bits per heavy atom. The van der Waals surface area contributed by atoms with Gasteiger partial charge in [0.2, 0.25) is 10.0 Å². The third-order valence-electron chi connectivity index (χ3n) is 5.47. The molecule has 0 amide bonds. The first-order valence-corrected chi connectivity index (χ1v) is 13.6. The van der Waals surface area contributed by atoms with Crippen LogP contribution in [0.5, 0.6) is 0 Å². The Morgan fingerprint density at radius 3 is 2.65 bits per heavy atom. The number of imidazole rings is 1. The van der Waals surface area contributed by atoms with E-state index in [0.29, 0.717) is 18.7 Å². The summed E-state index contributed by atoms with van der Waals surface area (Å²) >= 11 is 2.23. The summed E-state index contributed by atoms with van der Waals surface area (Å²) in [6.45, 7) is 5.57. The van der Waals surface area contributed by atoms with Gasteiger partial charge in [0, 0.05) is 34.1 Å². The van der Waals surface area contributed by atoms with Crippen molar-refractivity contribution in [1.82, 2.24) is 24.2 Å². The van der Waals surface area contributed by atoms with Crippen LogP contribution >= 0.6 is 22.6 Å². The Balaban J connectivity index is 1.68. The standard InChI is InChI=1S/C22H26FIN6O3S/c1-22(2,3)29-34(32,33)8-4-7-30-17(26-18-19(25)27-21(23)28-20(18)30)11-13-9-14-12(10-15(13)24)5-6-16(14)31/h9-10,29H,4-8,11H2,1-3H3,(H2,25,27,28). The van der Waals surface area contributed by atoms with E-state index < -0.39 is 21.6 Å². The molecular weight excluding hydrogens is 574 g/mol. The second kappa shape index (κ2) is 9.11. The number of hydrogen-bond donors (Lipinski definition) is 2. The van der Waals surface area contributed by atoms with Gasteiger partial charge in [0.15, 0.2) is 22.8 Å². The SMILES string of the molecule is CC(C)(C)NS(=O)(=O)CCCn1c(Cc2cc3c(cc2I)CCC3=O)nc2c(N)nc(F)nc21. The Morgan fingerprint density at radius 1 is 1.21 bits per heavy atom. The number of carbonyl (C=O) groups excluding carboxylic acids is 1. The van der Waals surface area contributed by atoms with Crippen molar-refractivity contribution < 1.29 is 17.6 Å². The number of nitrogens with two attached hydrogens (primary N) is 1. The highest BCUT2D eigenvalue weighted by Gasteiger charge is 2.24. The van der Waals surface area contributed by atoms with Gasteiger partial charge in [0.05, 0.1) is 5.75 Å². The van der Waals surface area contributed by atoms with Crippen LogP contribution in [0.3, 0.4) is 0 Å². The summed E-state index contributed by atoms with van der Waals surface area (Å²) in [5, 5.41) is 0. The Kier molecular flexibility index (Phi) is 6.68. The van der Waals surface area contributed by atoms with Crippen molar-refractivity contribution in [2.45, 2.75) is 58.5 Å². The van der Waals surface area contributed by atoms with Crippen LogP contribution < -0.4 is 10.5 Å². The molecule has 0 fully saturated rings. The number of anilines is 1. The van der Waals surface area contributed by atoms with Gasteiger partial charge in [-0.2, -0.15) is 14.4 Å². The zero-order valence-electron chi connectivity index (χ0n) is 19.2. The number of benzene rings is 1. The number of Topliss-reactive ketones (excluding diaryl/α,β-unsaturated/α-hetero) is 1. The van der Waals surface area contributed by atoms with Crippen LogP contribution in [0.4, 0.5) is 10.2 Å². The molecule has 0 bridgehead atoms. The molecule has 0 unspecified atom stereocenters. The van der Waals surface area contributed by atoms with Crippen molar-refractivity contribution in [1.29, 1.82) is 0 Å². The van der Waals surface area contributed by atoms with E-state index >= 15 is 0 Å². The molecule has 1 aliphatic carbocycles. The molecule has 0 saturated heterocycles. The Labute approximate surface area is 210 Å². The molecule has 0 atom stereocenters. The molecule has 12 heteroatoms. The second-order valence-corrected chi connectivity index (χ2v) is 12.5. The van der Waals surface area contributed by atoms with Crippen LogP contribution in [-0.4, -0.2) is 45.0 Å². The van der Waals surface area contributed by atoms with Gasteiger partial charge in [0.1, 0.15) is 5.82 Å². The number of ketones is 1. The molecule has 1 aliphatic rings. The van der Waals surface area contributed by atoms with Gasteiger partial charge in [0.25, 0.3) is 0 Å². The molecule has 0 radical (unpaired) electrons. The van der Waals surface area contributed by atoms with Crippen molar-refractivity contribution in [3.05, 3.63) is 44.3 Å². The quantitative estimate of drug-likeness (QED) is 0.315. The average Bonchev–Trinajstić information content (AvgIpc) is 3.21. The normalized spacial score (nSPS) is 14.2. The van der Waals surface area contributed by atoms with Gasteiger partial charge in [-0.3, -0.25) is 4.79 Å². The van der Waals surface area contributed by atoms with Crippen LogP contribution in [0.25, 0.3) is 11.2 Å². The molecule has 0 aliphatic heterocycles. The number of fused-ring (bicyclic) bond motifs is 2. The zero-order valence-corrected chi connectivity index (χ0v) is 22.1. The summed E-state index contributed by atoms with van der Waals surface area (Å²) in [4.78, 5) is 24.3. The summed E-state index contributed by atoms with van der Waals surface area (Å²) in [5.74, 6) is 0.474. The fourth-order valence-electron chi connectivity index (χ4n) is 4.15. The van der Waals surface area contributed by atoms with Crippen LogP contribution in [-0.2, 0) is 29.4 Å². The summed E-state index contributed by atoms with van der Waals surface area (Å²) in [5.41, 5.74) is 8.47. The summed E-state index contributed by atoms with van der Waals surface area (Å²) in [6, 6.07) is 3.91. The van der Waals surface area contributed by atoms with Crippen LogP contribution in [0.2, 0.25) is 0 Å². The number of hydrogen-bond acceptors (Lipinski definition) is 7. The monoisotopic (exact) mass is 600 g/mol. The highest BCUT2D eigenvalue weighted by Crippen LogP contribution is 2.29. The molecule has 2 heterocycles. The molecule has 1 aromatic carbocycles. The van der Waals surface area contributed by atoms with Crippen LogP contribution in [0.15, 0.2) is 12.1 Å². The van der Waals surface area contributed by atoms with E-state index in [1.165, 1.54) is 0 Å². The van der Waals surface area contributed by atoms with Crippen molar-refractivity contribution in [3.63, 3.8) is 0 Å². The number of carbonyl (C=O) groups is 1. The number of aromatic nitrogens is 4. The maximum Gasteiger partial charge on any atom is 0.312 e. The third kappa shape index (κ3) is 5.38. The summed E-state index contributed by atoms with van der Waals surface area (Å²) in [6.07, 6.45) is 0.886. The lowest BCUT2D eigenvalue weighted by Crippen LogP contribution is -2.41. The molecule has 3 aromatic rings. The third-order valence-corrected chi connectivity index (χ3v) is 8.23. The topological polar surface area (TPSA) is 133 Å². The molecule has 182 valence electrons.